The average molecular weight is 273 g/mol. The molecule has 21 heavy (non-hydrogen) atoms. The van der Waals surface area contributed by atoms with Gasteiger partial charge in [-0.2, -0.15) is 5.10 Å². The molecule has 4 rings (SSSR count). The van der Waals surface area contributed by atoms with Crippen molar-refractivity contribution in [2.24, 2.45) is 7.05 Å². The molecule has 0 aliphatic rings. The van der Waals surface area contributed by atoms with E-state index in [-0.39, 0.29) is 0 Å². The van der Waals surface area contributed by atoms with Crippen LogP contribution >= 0.6 is 0 Å². The molecule has 0 bridgehead atoms. The van der Waals surface area contributed by atoms with Gasteiger partial charge in [-0.05, 0) is 6.92 Å². The standard InChI is InChI=1S/C18H15N3/c1-12-16-18(20-21(12)2)15-11-7-6-10-14(15)17(19-16)13-8-4-3-5-9-13/h3-11H,1-2H3. The van der Waals surface area contributed by atoms with Crippen molar-refractivity contribution in [1.29, 1.82) is 0 Å². The maximum Gasteiger partial charge on any atom is 0.119 e. The van der Waals surface area contributed by atoms with Crippen LogP contribution in [-0.4, -0.2) is 14.8 Å². The number of aryl methyl sites for hydroxylation is 2. The number of hydrogen-bond acceptors (Lipinski definition) is 2. The molecule has 2 aromatic heterocycles. The zero-order chi connectivity index (χ0) is 14.4. The molecule has 0 aliphatic carbocycles. The summed E-state index contributed by atoms with van der Waals surface area (Å²) in [5.41, 5.74) is 5.21. The Bertz CT molecular complexity index is 952. The number of pyridine rings is 1. The molecule has 3 heteroatoms. The van der Waals surface area contributed by atoms with Gasteiger partial charge < -0.3 is 0 Å². The first-order chi connectivity index (χ1) is 10.3. The van der Waals surface area contributed by atoms with Gasteiger partial charge in [0, 0.05) is 23.4 Å². The van der Waals surface area contributed by atoms with Crippen LogP contribution in [0.5, 0.6) is 0 Å². The Balaban J connectivity index is 2.21. The molecule has 0 fully saturated rings. The number of aromatic nitrogens is 3. The summed E-state index contributed by atoms with van der Waals surface area (Å²) in [4.78, 5) is 4.91. The molecule has 102 valence electrons. The first kappa shape index (κ1) is 12.1. The van der Waals surface area contributed by atoms with Crippen molar-refractivity contribution < 1.29 is 0 Å². The summed E-state index contributed by atoms with van der Waals surface area (Å²) in [6.07, 6.45) is 0. The number of benzene rings is 2. The highest BCUT2D eigenvalue weighted by Gasteiger charge is 2.14. The summed E-state index contributed by atoms with van der Waals surface area (Å²) in [5.74, 6) is 0. The van der Waals surface area contributed by atoms with Gasteiger partial charge in [0.05, 0.1) is 11.4 Å². The highest BCUT2D eigenvalue weighted by Crippen LogP contribution is 2.32. The van der Waals surface area contributed by atoms with Gasteiger partial charge in [-0.3, -0.25) is 4.68 Å². The molecule has 0 atom stereocenters. The first-order valence-corrected chi connectivity index (χ1v) is 7.03. The third-order valence-corrected chi connectivity index (χ3v) is 4.01. The van der Waals surface area contributed by atoms with Crippen molar-refractivity contribution in [3.05, 3.63) is 60.3 Å². The van der Waals surface area contributed by atoms with Crippen molar-refractivity contribution in [3.63, 3.8) is 0 Å². The van der Waals surface area contributed by atoms with Crippen LogP contribution < -0.4 is 0 Å². The van der Waals surface area contributed by atoms with E-state index in [1.54, 1.807) is 0 Å². The smallest absolute Gasteiger partial charge is 0.119 e. The highest BCUT2D eigenvalue weighted by atomic mass is 15.3. The zero-order valence-corrected chi connectivity index (χ0v) is 12.0. The summed E-state index contributed by atoms with van der Waals surface area (Å²) >= 11 is 0. The topological polar surface area (TPSA) is 30.7 Å². The summed E-state index contributed by atoms with van der Waals surface area (Å²) < 4.78 is 1.90. The van der Waals surface area contributed by atoms with Gasteiger partial charge >= 0.3 is 0 Å². The maximum absolute atomic E-state index is 4.91. The Hall–Kier alpha value is -2.68. The molecule has 0 unspecified atom stereocenters. The lowest BCUT2D eigenvalue weighted by Crippen LogP contribution is -1.91. The SMILES string of the molecule is Cc1c2nc(-c3ccccc3)c3ccccc3c2nn1C. The maximum atomic E-state index is 4.91. The average Bonchev–Trinajstić information content (AvgIpc) is 2.83. The van der Waals surface area contributed by atoms with Gasteiger partial charge in [0.2, 0.25) is 0 Å². The molecule has 0 amide bonds. The fourth-order valence-electron chi connectivity index (χ4n) is 2.80. The predicted molar refractivity (Wildman–Crippen MR) is 86.2 cm³/mol. The molecular formula is C18H15N3. The lowest BCUT2D eigenvalue weighted by Gasteiger charge is -2.07. The van der Waals surface area contributed by atoms with Crippen LogP contribution in [0.1, 0.15) is 5.69 Å². The van der Waals surface area contributed by atoms with Crippen molar-refractivity contribution in [2.45, 2.75) is 6.92 Å². The van der Waals surface area contributed by atoms with E-state index < -0.39 is 0 Å². The molecular weight excluding hydrogens is 258 g/mol. The minimum atomic E-state index is 0.977. The van der Waals surface area contributed by atoms with Crippen LogP contribution in [0.2, 0.25) is 0 Å². The molecule has 4 aromatic rings. The Morgan fingerprint density at radius 1 is 0.810 bits per heavy atom. The summed E-state index contributed by atoms with van der Waals surface area (Å²) in [5, 5.41) is 6.93. The molecule has 0 saturated carbocycles. The van der Waals surface area contributed by atoms with Crippen molar-refractivity contribution in [1.82, 2.24) is 14.8 Å². The largest absolute Gasteiger partial charge is 0.270 e. The Morgan fingerprint density at radius 2 is 1.48 bits per heavy atom. The number of hydrogen-bond donors (Lipinski definition) is 0. The summed E-state index contributed by atoms with van der Waals surface area (Å²) in [6, 6.07) is 18.7. The van der Waals surface area contributed by atoms with Gasteiger partial charge in [0.1, 0.15) is 11.0 Å². The Labute approximate surface area is 122 Å². The number of fused-ring (bicyclic) bond motifs is 3. The van der Waals surface area contributed by atoms with Crippen LogP contribution in [0.25, 0.3) is 33.1 Å². The van der Waals surface area contributed by atoms with E-state index in [9.17, 15) is 0 Å². The first-order valence-electron chi connectivity index (χ1n) is 7.03. The van der Waals surface area contributed by atoms with Gasteiger partial charge in [-0.25, -0.2) is 4.98 Å². The van der Waals surface area contributed by atoms with Crippen LogP contribution in [0.3, 0.4) is 0 Å². The monoisotopic (exact) mass is 273 g/mol. The molecule has 0 saturated heterocycles. The second-order valence-electron chi connectivity index (χ2n) is 5.28. The summed E-state index contributed by atoms with van der Waals surface area (Å²) in [7, 11) is 1.97. The van der Waals surface area contributed by atoms with Crippen molar-refractivity contribution in [2.75, 3.05) is 0 Å². The van der Waals surface area contributed by atoms with Gasteiger partial charge in [-0.1, -0.05) is 54.6 Å². The zero-order valence-electron chi connectivity index (χ0n) is 12.0. The molecule has 0 aliphatic heterocycles. The minimum absolute atomic E-state index is 0.977. The molecule has 2 heterocycles. The third kappa shape index (κ3) is 1.74. The normalized spacial score (nSPS) is 11.3. The number of rotatable bonds is 1. The van der Waals surface area contributed by atoms with Gasteiger partial charge in [0.25, 0.3) is 0 Å². The molecule has 2 aromatic carbocycles. The van der Waals surface area contributed by atoms with E-state index in [0.29, 0.717) is 0 Å². The van der Waals surface area contributed by atoms with Crippen molar-refractivity contribution >= 4 is 21.8 Å². The van der Waals surface area contributed by atoms with Crippen LogP contribution in [0.15, 0.2) is 54.6 Å². The highest BCUT2D eigenvalue weighted by molar-refractivity contribution is 6.09. The molecule has 0 spiro atoms. The second-order valence-corrected chi connectivity index (χ2v) is 5.28. The second kappa shape index (κ2) is 4.42. The van der Waals surface area contributed by atoms with Crippen molar-refractivity contribution in [3.8, 4) is 11.3 Å². The van der Waals surface area contributed by atoms with E-state index in [2.05, 4.69) is 48.4 Å². The predicted octanol–water partition coefficient (Wildman–Crippen LogP) is 4.10. The lowest BCUT2D eigenvalue weighted by atomic mass is 10.0. The summed E-state index contributed by atoms with van der Waals surface area (Å²) in [6.45, 7) is 2.06. The fraction of sp³-hybridized carbons (Fsp3) is 0.111. The quantitative estimate of drug-likeness (QED) is 0.523. The third-order valence-electron chi connectivity index (χ3n) is 4.01. The van der Waals surface area contributed by atoms with Crippen LogP contribution in [0.4, 0.5) is 0 Å². The van der Waals surface area contributed by atoms with Gasteiger partial charge in [-0.15, -0.1) is 0 Å². The van der Waals surface area contributed by atoms with E-state index in [1.165, 1.54) is 0 Å². The van der Waals surface area contributed by atoms with E-state index in [0.717, 1.165) is 38.8 Å². The van der Waals surface area contributed by atoms with Gasteiger partial charge in [0.15, 0.2) is 0 Å². The lowest BCUT2D eigenvalue weighted by molar-refractivity contribution is 0.751. The van der Waals surface area contributed by atoms with E-state index >= 15 is 0 Å². The Kier molecular flexibility index (Phi) is 2.54. The van der Waals surface area contributed by atoms with E-state index in [1.807, 2.05) is 29.9 Å². The molecule has 0 N–H and O–H groups in total. The molecule has 3 nitrogen and oxygen atoms in total. The van der Waals surface area contributed by atoms with Crippen LogP contribution in [-0.2, 0) is 7.05 Å². The molecule has 0 radical (unpaired) electrons. The minimum Gasteiger partial charge on any atom is -0.270 e. The Morgan fingerprint density at radius 3 is 2.24 bits per heavy atom. The van der Waals surface area contributed by atoms with E-state index in [4.69, 9.17) is 4.98 Å². The fourth-order valence-corrected chi connectivity index (χ4v) is 2.80. The van der Waals surface area contributed by atoms with Crippen LogP contribution in [0, 0.1) is 6.92 Å². The number of nitrogens with zero attached hydrogens (tertiary/aromatic N) is 3.